The molecule has 2 heterocycles. The Morgan fingerprint density at radius 2 is 1.88 bits per heavy atom. The molecular formula is C15H14F3N5O. The highest BCUT2D eigenvalue weighted by Crippen LogP contribution is 2.30. The summed E-state index contributed by atoms with van der Waals surface area (Å²) in [6.45, 7) is 0.697. The van der Waals surface area contributed by atoms with Gasteiger partial charge in [0.2, 0.25) is 11.8 Å². The molecule has 0 saturated heterocycles. The second-order valence-corrected chi connectivity index (χ2v) is 4.91. The number of hydrogen-bond acceptors (Lipinski definition) is 5. The molecule has 3 N–H and O–H groups in total. The highest BCUT2D eigenvalue weighted by atomic mass is 19.4. The van der Waals surface area contributed by atoms with E-state index in [2.05, 4.69) is 15.4 Å². The lowest BCUT2D eigenvalue weighted by atomic mass is 10.2. The largest absolute Gasteiger partial charge is 0.476 e. The van der Waals surface area contributed by atoms with Gasteiger partial charge in [-0.2, -0.15) is 22.7 Å². The molecule has 9 heteroatoms. The van der Waals surface area contributed by atoms with E-state index >= 15 is 0 Å². The first-order valence-corrected chi connectivity index (χ1v) is 7.10. The van der Waals surface area contributed by atoms with Gasteiger partial charge >= 0.3 is 6.18 Å². The van der Waals surface area contributed by atoms with Crippen LogP contribution in [0.25, 0.3) is 5.65 Å². The molecule has 6 nitrogen and oxygen atoms in total. The molecule has 1 aromatic carbocycles. The molecule has 0 saturated carbocycles. The maximum atomic E-state index is 12.6. The molecule has 0 radical (unpaired) electrons. The SMILES string of the molecule is NCCOc1cccc2nc(Nc3ccc(C(F)(F)F)cc3)nn12. The molecule has 0 atom stereocenters. The Balaban J connectivity index is 1.82. The predicted molar refractivity (Wildman–Crippen MR) is 82.3 cm³/mol. The van der Waals surface area contributed by atoms with Crippen LogP contribution in [0.15, 0.2) is 42.5 Å². The third-order valence-electron chi connectivity index (χ3n) is 3.16. The van der Waals surface area contributed by atoms with Gasteiger partial charge in [-0.25, -0.2) is 0 Å². The van der Waals surface area contributed by atoms with E-state index in [4.69, 9.17) is 10.5 Å². The summed E-state index contributed by atoms with van der Waals surface area (Å²) >= 11 is 0. The summed E-state index contributed by atoms with van der Waals surface area (Å²) in [6.07, 6.45) is -4.37. The summed E-state index contributed by atoms with van der Waals surface area (Å²) in [5.74, 6) is 0.726. The van der Waals surface area contributed by atoms with Crippen molar-refractivity contribution in [2.24, 2.45) is 5.73 Å². The number of aromatic nitrogens is 3. The monoisotopic (exact) mass is 337 g/mol. The quantitative estimate of drug-likeness (QED) is 0.749. The normalized spacial score (nSPS) is 11.7. The third-order valence-corrected chi connectivity index (χ3v) is 3.16. The lowest BCUT2D eigenvalue weighted by Gasteiger charge is -2.07. The van der Waals surface area contributed by atoms with Crippen LogP contribution in [0.4, 0.5) is 24.8 Å². The van der Waals surface area contributed by atoms with Gasteiger partial charge in [0, 0.05) is 18.3 Å². The minimum Gasteiger partial charge on any atom is -0.476 e. The number of nitrogens with zero attached hydrogens (tertiary/aromatic N) is 3. The summed E-state index contributed by atoms with van der Waals surface area (Å²) in [6, 6.07) is 9.85. The third kappa shape index (κ3) is 3.40. The Bertz CT molecular complexity index is 829. The first kappa shape index (κ1) is 16.1. The number of nitrogens with two attached hydrogens (primary N) is 1. The molecular weight excluding hydrogens is 323 g/mol. The van der Waals surface area contributed by atoms with Crippen LogP contribution in [0.5, 0.6) is 5.88 Å². The van der Waals surface area contributed by atoms with Gasteiger partial charge in [-0.15, -0.1) is 5.10 Å². The van der Waals surface area contributed by atoms with E-state index in [-0.39, 0.29) is 5.95 Å². The molecule has 0 aliphatic rings. The maximum Gasteiger partial charge on any atom is 0.416 e. The van der Waals surface area contributed by atoms with Gasteiger partial charge in [0.15, 0.2) is 5.65 Å². The fourth-order valence-corrected chi connectivity index (χ4v) is 2.08. The molecule has 24 heavy (non-hydrogen) atoms. The number of alkyl halides is 3. The van der Waals surface area contributed by atoms with E-state index in [1.165, 1.54) is 16.6 Å². The fourth-order valence-electron chi connectivity index (χ4n) is 2.08. The van der Waals surface area contributed by atoms with Crippen molar-refractivity contribution in [3.8, 4) is 5.88 Å². The van der Waals surface area contributed by atoms with Crippen LogP contribution < -0.4 is 15.8 Å². The summed E-state index contributed by atoms with van der Waals surface area (Å²) < 4.78 is 44.6. The molecule has 3 aromatic rings. The maximum absolute atomic E-state index is 12.6. The van der Waals surface area contributed by atoms with E-state index in [1.54, 1.807) is 18.2 Å². The van der Waals surface area contributed by atoms with E-state index in [9.17, 15) is 13.2 Å². The number of ether oxygens (including phenoxy) is 1. The van der Waals surface area contributed by atoms with Crippen molar-refractivity contribution in [3.05, 3.63) is 48.0 Å². The van der Waals surface area contributed by atoms with Gasteiger partial charge in [0.05, 0.1) is 5.56 Å². The zero-order valence-corrected chi connectivity index (χ0v) is 12.4. The summed E-state index contributed by atoms with van der Waals surface area (Å²) in [7, 11) is 0. The molecule has 0 aliphatic heterocycles. The minimum absolute atomic E-state index is 0.249. The van der Waals surface area contributed by atoms with Crippen molar-refractivity contribution < 1.29 is 17.9 Å². The van der Waals surface area contributed by atoms with Crippen molar-refractivity contribution in [2.75, 3.05) is 18.5 Å². The average molecular weight is 337 g/mol. The van der Waals surface area contributed by atoms with Crippen molar-refractivity contribution >= 4 is 17.3 Å². The Morgan fingerprint density at radius 1 is 1.12 bits per heavy atom. The van der Waals surface area contributed by atoms with Crippen LogP contribution in [0, 0.1) is 0 Å². The predicted octanol–water partition coefficient (Wildman–Crippen LogP) is 2.83. The van der Waals surface area contributed by atoms with Crippen molar-refractivity contribution in [1.82, 2.24) is 14.6 Å². The fraction of sp³-hybridized carbons (Fsp3) is 0.200. The molecule has 0 fully saturated rings. The second kappa shape index (κ2) is 6.36. The van der Waals surface area contributed by atoms with Crippen LogP contribution in [-0.2, 0) is 6.18 Å². The van der Waals surface area contributed by atoms with Gasteiger partial charge in [0.25, 0.3) is 0 Å². The Hall–Kier alpha value is -2.81. The smallest absolute Gasteiger partial charge is 0.416 e. The van der Waals surface area contributed by atoms with Gasteiger partial charge in [0.1, 0.15) is 6.61 Å². The number of fused-ring (bicyclic) bond motifs is 1. The number of nitrogens with one attached hydrogen (secondary N) is 1. The number of pyridine rings is 1. The number of benzene rings is 1. The van der Waals surface area contributed by atoms with Crippen molar-refractivity contribution in [2.45, 2.75) is 6.18 Å². The number of hydrogen-bond donors (Lipinski definition) is 2. The summed E-state index contributed by atoms with van der Waals surface area (Å²) in [5.41, 5.74) is 5.68. The molecule has 0 spiro atoms. The molecule has 2 aromatic heterocycles. The first-order chi connectivity index (χ1) is 11.5. The van der Waals surface area contributed by atoms with Gasteiger partial charge < -0.3 is 15.8 Å². The zero-order chi connectivity index (χ0) is 17.2. The van der Waals surface area contributed by atoms with E-state index in [0.29, 0.717) is 30.4 Å². The lowest BCUT2D eigenvalue weighted by Crippen LogP contribution is -2.12. The summed E-state index contributed by atoms with van der Waals surface area (Å²) in [5, 5.41) is 7.10. The first-order valence-electron chi connectivity index (χ1n) is 7.10. The Kier molecular flexibility index (Phi) is 4.26. The zero-order valence-electron chi connectivity index (χ0n) is 12.4. The highest BCUT2D eigenvalue weighted by molar-refractivity contribution is 5.56. The van der Waals surface area contributed by atoms with Crippen LogP contribution >= 0.6 is 0 Å². The average Bonchev–Trinajstić information content (AvgIpc) is 2.95. The molecule has 3 rings (SSSR count). The molecule has 0 bridgehead atoms. The van der Waals surface area contributed by atoms with Gasteiger partial charge in [-0.3, -0.25) is 0 Å². The number of anilines is 2. The number of halogens is 3. The van der Waals surface area contributed by atoms with Crippen LogP contribution in [-0.4, -0.2) is 27.7 Å². The molecule has 0 amide bonds. The Labute approximate surface area is 135 Å². The van der Waals surface area contributed by atoms with E-state index < -0.39 is 11.7 Å². The van der Waals surface area contributed by atoms with Crippen LogP contribution in [0.1, 0.15) is 5.56 Å². The highest BCUT2D eigenvalue weighted by Gasteiger charge is 2.29. The number of rotatable bonds is 5. The molecule has 126 valence electrons. The summed E-state index contributed by atoms with van der Waals surface area (Å²) in [4.78, 5) is 4.26. The molecule has 0 unspecified atom stereocenters. The van der Waals surface area contributed by atoms with Crippen molar-refractivity contribution in [1.29, 1.82) is 0 Å². The minimum atomic E-state index is -4.37. The lowest BCUT2D eigenvalue weighted by molar-refractivity contribution is -0.137. The van der Waals surface area contributed by atoms with Gasteiger partial charge in [-0.05, 0) is 30.3 Å². The standard InChI is InChI=1S/C15H14F3N5O/c16-15(17,18)10-4-6-11(7-5-10)20-14-21-12-2-1-3-13(23(12)22-14)24-9-8-19/h1-7H,8-9,19H2,(H,20,22). The van der Waals surface area contributed by atoms with Crippen LogP contribution in [0.3, 0.4) is 0 Å². The van der Waals surface area contributed by atoms with E-state index in [1.807, 2.05) is 0 Å². The second-order valence-electron chi connectivity index (χ2n) is 4.91. The Morgan fingerprint density at radius 3 is 2.54 bits per heavy atom. The van der Waals surface area contributed by atoms with E-state index in [0.717, 1.165) is 12.1 Å². The molecule has 0 aliphatic carbocycles. The van der Waals surface area contributed by atoms with Crippen molar-refractivity contribution in [3.63, 3.8) is 0 Å². The van der Waals surface area contributed by atoms with Gasteiger partial charge in [-0.1, -0.05) is 6.07 Å². The topological polar surface area (TPSA) is 77.5 Å². The van der Waals surface area contributed by atoms with Crippen LogP contribution in [0.2, 0.25) is 0 Å².